The largest absolute Gasteiger partial charge is 0.481 e. The summed E-state index contributed by atoms with van der Waals surface area (Å²) < 4.78 is 0. The number of carbonyl (C=O) groups is 7. The van der Waals surface area contributed by atoms with Gasteiger partial charge in [0.05, 0.1) is 25.2 Å². The first-order chi connectivity index (χ1) is 16.8. The molecule has 4 unspecified atom stereocenters. The third-order valence-corrected chi connectivity index (χ3v) is 4.68. The minimum atomic E-state index is -1.72. The molecule has 36 heavy (non-hydrogen) atoms. The van der Waals surface area contributed by atoms with E-state index in [2.05, 4.69) is 20.6 Å². The number of imidazole rings is 1. The third-order valence-electron chi connectivity index (χ3n) is 4.68. The van der Waals surface area contributed by atoms with Crippen LogP contribution in [0.2, 0.25) is 0 Å². The number of nitrogens with two attached hydrogens (primary N) is 3. The Hall–Kier alpha value is -4.54. The highest BCUT2D eigenvalue weighted by Gasteiger charge is 2.32. The Bertz CT molecular complexity index is 982. The van der Waals surface area contributed by atoms with Gasteiger partial charge in [0, 0.05) is 24.7 Å². The molecule has 1 aromatic rings. The Kier molecular flexibility index (Phi) is 11.5. The molecular formula is C19H28N8O9. The van der Waals surface area contributed by atoms with Crippen molar-refractivity contribution in [1.29, 1.82) is 0 Å². The van der Waals surface area contributed by atoms with Crippen LogP contribution >= 0.6 is 0 Å². The first kappa shape index (κ1) is 29.5. The molecule has 0 aliphatic rings. The van der Waals surface area contributed by atoms with Crippen molar-refractivity contribution in [1.82, 2.24) is 25.9 Å². The van der Waals surface area contributed by atoms with E-state index in [9.17, 15) is 38.7 Å². The van der Waals surface area contributed by atoms with Crippen LogP contribution in [0.25, 0.3) is 0 Å². The van der Waals surface area contributed by atoms with Gasteiger partial charge in [-0.3, -0.25) is 28.8 Å². The first-order valence-corrected chi connectivity index (χ1v) is 10.4. The maximum Gasteiger partial charge on any atom is 0.326 e. The molecule has 1 rings (SSSR count). The van der Waals surface area contributed by atoms with Gasteiger partial charge in [-0.2, -0.15) is 0 Å². The van der Waals surface area contributed by atoms with Crippen LogP contribution in [0.4, 0.5) is 0 Å². The third kappa shape index (κ3) is 10.6. The lowest BCUT2D eigenvalue weighted by molar-refractivity contribution is -0.143. The van der Waals surface area contributed by atoms with Gasteiger partial charge in [0.1, 0.15) is 18.1 Å². The average molecular weight is 512 g/mol. The van der Waals surface area contributed by atoms with Crippen LogP contribution in [0, 0.1) is 0 Å². The number of carboxylic acids is 2. The van der Waals surface area contributed by atoms with Gasteiger partial charge in [0.15, 0.2) is 0 Å². The second kappa shape index (κ2) is 14.0. The van der Waals surface area contributed by atoms with Crippen molar-refractivity contribution in [3.05, 3.63) is 18.2 Å². The number of aliphatic carboxylic acids is 2. The van der Waals surface area contributed by atoms with Crippen molar-refractivity contribution in [3.63, 3.8) is 0 Å². The Morgan fingerprint density at radius 1 is 0.861 bits per heavy atom. The van der Waals surface area contributed by atoms with Crippen molar-refractivity contribution in [2.24, 2.45) is 17.2 Å². The number of aromatic nitrogens is 2. The van der Waals surface area contributed by atoms with Crippen molar-refractivity contribution in [2.75, 3.05) is 0 Å². The predicted octanol–water partition coefficient (Wildman–Crippen LogP) is -4.57. The molecule has 1 heterocycles. The lowest BCUT2D eigenvalue weighted by atomic mass is 10.1. The van der Waals surface area contributed by atoms with E-state index >= 15 is 0 Å². The highest BCUT2D eigenvalue weighted by Crippen LogP contribution is 2.03. The SMILES string of the molecule is NC(=O)CCC(NC(=O)C(CC(N)=O)NC(=O)C(CC(=O)O)NC(=O)C(N)Cc1cnc[nH]1)C(=O)O. The first-order valence-electron chi connectivity index (χ1n) is 10.4. The summed E-state index contributed by atoms with van der Waals surface area (Å²) in [6.07, 6.45) is 0.308. The van der Waals surface area contributed by atoms with Crippen LogP contribution < -0.4 is 33.2 Å². The topological polar surface area (TPSA) is 303 Å². The molecule has 0 aromatic carbocycles. The van der Waals surface area contributed by atoms with E-state index in [0.29, 0.717) is 5.69 Å². The number of hydrogen-bond donors (Lipinski definition) is 9. The summed E-state index contributed by atoms with van der Waals surface area (Å²) in [5, 5.41) is 24.7. The van der Waals surface area contributed by atoms with Crippen LogP contribution in [0.3, 0.4) is 0 Å². The van der Waals surface area contributed by atoms with E-state index in [-0.39, 0.29) is 19.3 Å². The summed E-state index contributed by atoms with van der Waals surface area (Å²) in [6.45, 7) is 0. The standard InChI is InChI=1S/C19H28N8O9/c20-9(3-8-6-23-7-24-8)16(32)26-12(5-15(30)31)18(34)27-11(4-14(22)29)17(33)25-10(19(35)36)1-2-13(21)28/h6-7,9-12H,1-5,20H2,(H2,21,28)(H2,22,29)(H,23,24)(H,25,33)(H,26,32)(H,27,34)(H,30,31)(H,35,36). The summed E-state index contributed by atoms with van der Waals surface area (Å²) in [5.74, 6) is -8.10. The number of carbonyl (C=O) groups excluding carboxylic acids is 5. The maximum absolute atomic E-state index is 12.7. The zero-order chi connectivity index (χ0) is 27.4. The predicted molar refractivity (Wildman–Crippen MR) is 118 cm³/mol. The molecule has 0 bridgehead atoms. The van der Waals surface area contributed by atoms with E-state index in [4.69, 9.17) is 22.3 Å². The summed E-state index contributed by atoms with van der Waals surface area (Å²) in [6, 6.07) is -6.22. The minimum Gasteiger partial charge on any atom is -0.481 e. The highest BCUT2D eigenvalue weighted by atomic mass is 16.4. The van der Waals surface area contributed by atoms with Gasteiger partial charge in [-0.15, -0.1) is 0 Å². The van der Waals surface area contributed by atoms with Gasteiger partial charge in [0.2, 0.25) is 29.5 Å². The quantitative estimate of drug-likeness (QED) is 0.101. The molecule has 1 aromatic heterocycles. The van der Waals surface area contributed by atoms with E-state index in [1.54, 1.807) is 0 Å². The lowest BCUT2D eigenvalue weighted by Gasteiger charge is -2.24. The Morgan fingerprint density at radius 2 is 1.42 bits per heavy atom. The van der Waals surface area contributed by atoms with E-state index in [1.165, 1.54) is 12.5 Å². The Balaban J connectivity index is 2.96. The summed E-state index contributed by atoms with van der Waals surface area (Å²) in [7, 11) is 0. The molecule has 17 nitrogen and oxygen atoms in total. The number of carboxylic acid groups (broad SMARTS) is 2. The Labute approximate surface area is 203 Å². The van der Waals surface area contributed by atoms with Gasteiger partial charge in [0.25, 0.3) is 0 Å². The number of aromatic amines is 1. The van der Waals surface area contributed by atoms with Crippen LogP contribution in [0.15, 0.2) is 12.5 Å². The zero-order valence-electron chi connectivity index (χ0n) is 18.9. The van der Waals surface area contributed by atoms with Gasteiger partial charge in [-0.25, -0.2) is 9.78 Å². The molecule has 0 fully saturated rings. The number of nitrogens with one attached hydrogen (secondary N) is 4. The van der Waals surface area contributed by atoms with E-state index in [1.807, 2.05) is 5.32 Å². The summed E-state index contributed by atoms with van der Waals surface area (Å²) in [4.78, 5) is 89.2. The fourth-order valence-corrected chi connectivity index (χ4v) is 2.89. The van der Waals surface area contributed by atoms with Crippen LogP contribution in [-0.4, -0.2) is 85.8 Å². The van der Waals surface area contributed by atoms with Gasteiger partial charge >= 0.3 is 11.9 Å². The fourth-order valence-electron chi connectivity index (χ4n) is 2.89. The number of amides is 5. The van der Waals surface area contributed by atoms with Crippen LogP contribution in [0.5, 0.6) is 0 Å². The zero-order valence-corrected chi connectivity index (χ0v) is 18.9. The molecule has 0 aliphatic carbocycles. The molecule has 0 radical (unpaired) electrons. The van der Waals surface area contributed by atoms with Crippen molar-refractivity contribution in [2.45, 2.75) is 56.3 Å². The second-order valence-corrected chi connectivity index (χ2v) is 7.68. The lowest BCUT2D eigenvalue weighted by Crippen LogP contribution is -2.58. The van der Waals surface area contributed by atoms with E-state index < -0.39 is 78.5 Å². The average Bonchev–Trinajstić information content (AvgIpc) is 3.27. The number of primary amides is 2. The molecular weight excluding hydrogens is 484 g/mol. The smallest absolute Gasteiger partial charge is 0.326 e. The molecule has 0 saturated carbocycles. The number of nitrogens with zero attached hydrogens (tertiary/aromatic N) is 1. The minimum absolute atomic E-state index is 0.0121. The fraction of sp³-hybridized carbons (Fsp3) is 0.474. The number of hydrogen-bond acceptors (Lipinski definition) is 9. The highest BCUT2D eigenvalue weighted by molar-refractivity contribution is 5.97. The van der Waals surface area contributed by atoms with Crippen molar-refractivity contribution in [3.8, 4) is 0 Å². The van der Waals surface area contributed by atoms with Gasteiger partial charge in [-0.05, 0) is 6.42 Å². The molecule has 198 valence electrons. The molecule has 0 aliphatic heterocycles. The Morgan fingerprint density at radius 3 is 1.89 bits per heavy atom. The van der Waals surface area contributed by atoms with Crippen molar-refractivity contribution >= 4 is 41.5 Å². The molecule has 17 heteroatoms. The normalized spacial score (nSPS) is 13.9. The maximum atomic E-state index is 12.7. The van der Waals surface area contributed by atoms with E-state index in [0.717, 1.165) is 0 Å². The molecule has 0 saturated heterocycles. The number of rotatable bonds is 16. The van der Waals surface area contributed by atoms with Crippen molar-refractivity contribution < 1.29 is 43.8 Å². The molecule has 4 atom stereocenters. The summed E-state index contributed by atoms with van der Waals surface area (Å²) >= 11 is 0. The van der Waals surface area contributed by atoms with Crippen LogP contribution in [0.1, 0.15) is 31.4 Å². The molecule has 5 amide bonds. The second-order valence-electron chi connectivity index (χ2n) is 7.68. The van der Waals surface area contributed by atoms with Gasteiger partial charge < -0.3 is 48.3 Å². The van der Waals surface area contributed by atoms with Crippen LogP contribution in [-0.2, 0) is 40.0 Å². The van der Waals surface area contributed by atoms with Gasteiger partial charge in [-0.1, -0.05) is 0 Å². The molecule has 12 N–H and O–H groups in total. The monoisotopic (exact) mass is 512 g/mol. The molecule has 0 spiro atoms. The summed E-state index contributed by atoms with van der Waals surface area (Å²) in [5.41, 5.74) is 16.4. The number of H-pyrrole nitrogens is 1.